The van der Waals surface area contributed by atoms with Gasteiger partial charge in [0.15, 0.2) is 5.60 Å². The van der Waals surface area contributed by atoms with E-state index in [1.807, 2.05) is 37.4 Å². The third kappa shape index (κ3) is 3.47. The second-order valence-electron chi connectivity index (χ2n) is 9.04. The number of aliphatic hydroxyl groups is 1. The maximum Gasteiger partial charge on any atom is 0.338 e. The fourth-order valence-electron chi connectivity index (χ4n) is 5.71. The normalized spacial score (nSPS) is 33.5. The third-order valence-electron chi connectivity index (χ3n) is 7.18. The maximum absolute atomic E-state index is 12.4. The Labute approximate surface area is 179 Å². The van der Waals surface area contributed by atoms with Crippen LogP contribution in [-0.4, -0.2) is 27.8 Å². The number of hydrogen-bond acceptors (Lipinski definition) is 4. The molecule has 2 aromatic rings. The summed E-state index contributed by atoms with van der Waals surface area (Å²) in [5, 5.41) is 11.2. The Morgan fingerprint density at radius 3 is 2.67 bits per heavy atom. The molecule has 2 aliphatic rings. The zero-order chi connectivity index (χ0) is 21.5. The Morgan fingerprint density at radius 1 is 1.23 bits per heavy atom. The Balaban J connectivity index is 1.61. The largest absolute Gasteiger partial charge is 0.460 e. The van der Waals surface area contributed by atoms with Gasteiger partial charge in [-0.15, -0.1) is 0 Å². The Bertz CT molecular complexity index is 951. The van der Waals surface area contributed by atoms with Crippen molar-refractivity contribution in [1.82, 2.24) is 4.98 Å². The lowest BCUT2D eigenvalue weighted by Crippen LogP contribution is -2.53. The van der Waals surface area contributed by atoms with E-state index in [1.54, 1.807) is 0 Å². The summed E-state index contributed by atoms with van der Waals surface area (Å²) in [5.41, 5.74) is 3.02. The number of carbonyl (C=O) groups excluding carboxylic acids is 1. The number of rotatable bonds is 4. The molecule has 4 heteroatoms. The highest BCUT2D eigenvalue weighted by Gasteiger charge is 2.62. The van der Waals surface area contributed by atoms with E-state index in [9.17, 15) is 9.90 Å². The number of pyridine rings is 1. The first-order valence-corrected chi connectivity index (χ1v) is 11.0. The number of fused-ring (bicyclic) bond motifs is 1. The Hall–Kier alpha value is -2.46. The van der Waals surface area contributed by atoms with Gasteiger partial charge in [-0.05, 0) is 61.3 Å². The molecule has 1 N–H and O–H groups in total. The predicted molar refractivity (Wildman–Crippen MR) is 118 cm³/mol. The Morgan fingerprint density at radius 2 is 2.00 bits per heavy atom. The molecule has 1 saturated heterocycles. The molecule has 0 bridgehead atoms. The zero-order valence-electron chi connectivity index (χ0n) is 18.2. The standard InChI is InChI=1S/C26H31NO3/c1-5-21-17(3)14-26(29)24(18(4)30-25(26)28)23(21)13-12-20-11-10-19(15-27-20)22-9-7-6-8-16(22)2/h6-13,15,17-18,21,23-24,29H,5,14H2,1-4H3/b13-12+/t17?,18-,21?,23?,24?,26?/m1/s1. The van der Waals surface area contributed by atoms with Gasteiger partial charge in [0.05, 0.1) is 5.69 Å². The molecule has 2 fully saturated rings. The van der Waals surface area contributed by atoms with Crippen LogP contribution in [0.15, 0.2) is 48.7 Å². The van der Waals surface area contributed by atoms with Crippen molar-refractivity contribution >= 4 is 12.0 Å². The number of benzene rings is 1. The number of aryl methyl sites for hydroxylation is 1. The van der Waals surface area contributed by atoms with Crippen molar-refractivity contribution < 1.29 is 14.6 Å². The van der Waals surface area contributed by atoms with Gasteiger partial charge in [-0.1, -0.05) is 56.7 Å². The Kier molecular flexibility index (Phi) is 5.54. The monoisotopic (exact) mass is 405 g/mol. The van der Waals surface area contributed by atoms with E-state index in [0.717, 1.165) is 17.7 Å². The van der Waals surface area contributed by atoms with Gasteiger partial charge in [-0.2, -0.15) is 0 Å². The van der Waals surface area contributed by atoms with E-state index in [4.69, 9.17) is 4.74 Å². The van der Waals surface area contributed by atoms with Crippen molar-refractivity contribution in [2.75, 3.05) is 0 Å². The first-order valence-electron chi connectivity index (χ1n) is 11.0. The predicted octanol–water partition coefficient (Wildman–Crippen LogP) is 5.05. The molecule has 5 unspecified atom stereocenters. The van der Waals surface area contributed by atoms with Gasteiger partial charge >= 0.3 is 5.97 Å². The third-order valence-corrected chi connectivity index (χ3v) is 7.18. The lowest BCUT2D eigenvalue weighted by atomic mass is 9.59. The van der Waals surface area contributed by atoms with Crippen molar-refractivity contribution in [3.8, 4) is 11.1 Å². The first-order chi connectivity index (χ1) is 14.3. The molecule has 4 rings (SSSR count). The summed E-state index contributed by atoms with van der Waals surface area (Å²) >= 11 is 0. The van der Waals surface area contributed by atoms with Gasteiger partial charge in [0.1, 0.15) is 6.10 Å². The number of allylic oxidation sites excluding steroid dienone is 1. The molecule has 1 saturated carbocycles. The number of hydrogen-bond donors (Lipinski definition) is 1. The van der Waals surface area contributed by atoms with Crippen LogP contribution in [-0.2, 0) is 9.53 Å². The summed E-state index contributed by atoms with van der Waals surface area (Å²) < 4.78 is 5.47. The van der Waals surface area contributed by atoms with E-state index in [0.29, 0.717) is 12.3 Å². The molecule has 1 aliphatic heterocycles. The fourth-order valence-corrected chi connectivity index (χ4v) is 5.71. The summed E-state index contributed by atoms with van der Waals surface area (Å²) in [6.07, 6.45) is 7.28. The molecule has 1 aromatic carbocycles. The highest BCUT2D eigenvalue weighted by atomic mass is 16.6. The molecule has 1 aliphatic carbocycles. The molecular formula is C26H31NO3. The van der Waals surface area contributed by atoms with E-state index in [2.05, 4.69) is 50.0 Å². The van der Waals surface area contributed by atoms with Gasteiger partial charge in [0.25, 0.3) is 0 Å². The molecule has 4 nitrogen and oxygen atoms in total. The zero-order valence-corrected chi connectivity index (χ0v) is 18.2. The average Bonchev–Trinajstić information content (AvgIpc) is 2.94. The summed E-state index contributed by atoms with van der Waals surface area (Å²) in [7, 11) is 0. The number of nitrogens with zero attached hydrogens (tertiary/aromatic N) is 1. The van der Waals surface area contributed by atoms with Crippen LogP contribution >= 0.6 is 0 Å². The quantitative estimate of drug-likeness (QED) is 0.724. The minimum Gasteiger partial charge on any atom is -0.460 e. The lowest BCUT2D eigenvalue weighted by Gasteiger charge is -2.45. The molecule has 0 amide bonds. The highest BCUT2D eigenvalue weighted by molar-refractivity contribution is 5.82. The number of esters is 1. The van der Waals surface area contributed by atoms with Gasteiger partial charge in [-0.25, -0.2) is 4.79 Å². The van der Waals surface area contributed by atoms with Crippen LogP contribution in [0.5, 0.6) is 0 Å². The summed E-state index contributed by atoms with van der Waals surface area (Å²) in [6, 6.07) is 12.4. The molecule has 1 aromatic heterocycles. The fraction of sp³-hybridized carbons (Fsp3) is 0.462. The molecular weight excluding hydrogens is 374 g/mol. The molecule has 158 valence electrons. The molecule has 0 spiro atoms. The van der Waals surface area contributed by atoms with Gasteiger partial charge in [-0.3, -0.25) is 4.98 Å². The van der Waals surface area contributed by atoms with E-state index < -0.39 is 11.6 Å². The molecule has 6 atom stereocenters. The minimum absolute atomic E-state index is 0.0723. The van der Waals surface area contributed by atoms with Crippen LogP contribution in [0.4, 0.5) is 0 Å². The van der Waals surface area contributed by atoms with E-state index in [1.165, 1.54) is 11.1 Å². The smallest absolute Gasteiger partial charge is 0.338 e. The average molecular weight is 406 g/mol. The number of ether oxygens (including phenoxy) is 1. The lowest BCUT2D eigenvalue weighted by molar-refractivity contribution is -0.160. The SMILES string of the molecule is CCC1C(C)CC2(O)C(=O)O[C@H](C)C2C1/C=C/c1ccc(-c2ccccc2C)cn1. The number of aromatic nitrogens is 1. The van der Waals surface area contributed by atoms with Crippen molar-refractivity contribution in [1.29, 1.82) is 0 Å². The second-order valence-corrected chi connectivity index (χ2v) is 9.04. The summed E-state index contributed by atoms with van der Waals surface area (Å²) in [4.78, 5) is 17.0. The number of cyclic esters (lactones) is 1. The molecule has 0 radical (unpaired) electrons. The molecule has 2 heterocycles. The summed E-state index contributed by atoms with van der Waals surface area (Å²) in [6.45, 7) is 8.32. The highest BCUT2D eigenvalue weighted by Crippen LogP contribution is 2.52. The van der Waals surface area contributed by atoms with Crippen LogP contribution in [0.25, 0.3) is 17.2 Å². The maximum atomic E-state index is 12.4. The van der Waals surface area contributed by atoms with Crippen molar-refractivity contribution in [2.24, 2.45) is 23.7 Å². The minimum atomic E-state index is -1.37. The topological polar surface area (TPSA) is 59.4 Å². The van der Waals surface area contributed by atoms with Crippen molar-refractivity contribution in [3.05, 3.63) is 59.9 Å². The van der Waals surface area contributed by atoms with E-state index >= 15 is 0 Å². The van der Waals surface area contributed by atoms with Crippen LogP contribution in [0.1, 0.15) is 44.9 Å². The van der Waals surface area contributed by atoms with Crippen LogP contribution in [0.2, 0.25) is 0 Å². The van der Waals surface area contributed by atoms with Gasteiger partial charge < -0.3 is 9.84 Å². The second kappa shape index (κ2) is 7.99. The van der Waals surface area contributed by atoms with Crippen LogP contribution < -0.4 is 0 Å². The van der Waals surface area contributed by atoms with Crippen LogP contribution in [0.3, 0.4) is 0 Å². The van der Waals surface area contributed by atoms with E-state index in [-0.39, 0.29) is 23.9 Å². The van der Waals surface area contributed by atoms with Gasteiger partial charge in [0, 0.05) is 17.7 Å². The van der Waals surface area contributed by atoms with Crippen molar-refractivity contribution in [2.45, 2.75) is 52.2 Å². The first kappa shape index (κ1) is 20.8. The van der Waals surface area contributed by atoms with Crippen LogP contribution in [0, 0.1) is 30.6 Å². The molecule has 30 heavy (non-hydrogen) atoms. The number of carbonyl (C=O) groups is 1. The summed E-state index contributed by atoms with van der Waals surface area (Å²) in [5.74, 6) is 0.0482. The van der Waals surface area contributed by atoms with Crippen molar-refractivity contribution in [3.63, 3.8) is 0 Å². The van der Waals surface area contributed by atoms with Gasteiger partial charge in [0.2, 0.25) is 0 Å².